The van der Waals surface area contributed by atoms with Crippen LogP contribution < -0.4 is 0 Å². The van der Waals surface area contributed by atoms with Crippen molar-refractivity contribution in [1.82, 2.24) is 0 Å². The molecule has 0 bridgehead atoms. The zero-order valence-electron chi connectivity index (χ0n) is 13.0. The first-order valence-electron chi connectivity index (χ1n) is 7.95. The molecule has 116 valence electrons. The number of carbonyl (C=O) groups is 1. The van der Waals surface area contributed by atoms with Gasteiger partial charge < -0.3 is 14.2 Å². The molecule has 2 aliphatic rings. The van der Waals surface area contributed by atoms with Crippen LogP contribution in [0.25, 0.3) is 0 Å². The molecule has 3 unspecified atom stereocenters. The summed E-state index contributed by atoms with van der Waals surface area (Å²) in [4.78, 5) is 11.6. The summed E-state index contributed by atoms with van der Waals surface area (Å²) in [5.74, 6) is 0.609. The monoisotopic (exact) mass is 300 g/mol. The molecule has 4 nitrogen and oxygen atoms in total. The molecular weight excluding hydrogens is 272 g/mol. The molecule has 1 saturated heterocycles. The van der Waals surface area contributed by atoms with Gasteiger partial charge in [0.05, 0.1) is 27.0 Å². The molecule has 1 aliphatic heterocycles. The van der Waals surface area contributed by atoms with E-state index in [9.17, 15) is 4.79 Å². The third kappa shape index (κ3) is 5.18. The normalized spacial score (nSPS) is 29.4. The molecule has 5 heteroatoms. The second-order valence-electron chi connectivity index (χ2n) is 6.66. The molecule has 0 spiro atoms. The van der Waals surface area contributed by atoms with Crippen molar-refractivity contribution in [3.05, 3.63) is 0 Å². The minimum Gasteiger partial charge on any atom is -0.463 e. The molecule has 20 heavy (non-hydrogen) atoms. The highest BCUT2D eigenvalue weighted by molar-refractivity contribution is 6.39. The molecule has 0 amide bonds. The molecular formula is C15H28O4Si. The van der Waals surface area contributed by atoms with Gasteiger partial charge in [-0.2, -0.15) is 0 Å². The van der Waals surface area contributed by atoms with Crippen molar-refractivity contribution in [2.75, 3.05) is 13.2 Å². The summed E-state index contributed by atoms with van der Waals surface area (Å²) in [7, 11) is -0.415. The Bertz CT molecular complexity index is 332. The maximum atomic E-state index is 11.6. The minimum absolute atomic E-state index is 0.0807. The summed E-state index contributed by atoms with van der Waals surface area (Å²) in [5.41, 5.74) is 0. The zero-order chi connectivity index (χ0) is 14.6. The average molecular weight is 300 g/mol. The maximum Gasteiger partial charge on any atom is 0.332 e. The summed E-state index contributed by atoms with van der Waals surface area (Å²) < 4.78 is 16.2. The van der Waals surface area contributed by atoms with Gasteiger partial charge in [0.15, 0.2) is 0 Å². The Labute approximate surface area is 124 Å². The van der Waals surface area contributed by atoms with E-state index in [1.54, 1.807) is 0 Å². The van der Waals surface area contributed by atoms with Crippen molar-refractivity contribution in [1.29, 1.82) is 0 Å². The smallest absolute Gasteiger partial charge is 0.332 e. The van der Waals surface area contributed by atoms with Gasteiger partial charge in [-0.25, -0.2) is 4.79 Å². The van der Waals surface area contributed by atoms with Crippen molar-refractivity contribution in [3.8, 4) is 0 Å². The Hall–Kier alpha value is -0.393. The molecule has 2 fully saturated rings. The number of hydrogen-bond donors (Lipinski definition) is 0. The molecule has 2 rings (SSSR count). The van der Waals surface area contributed by atoms with Crippen LogP contribution in [0.15, 0.2) is 0 Å². The predicted octanol–water partition coefficient (Wildman–Crippen LogP) is 1.85. The fourth-order valence-electron chi connectivity index (χ4n) is 3.14. The van der Waals surface area contributed by atoms with Gasteiger partial charge >= 0.3 is 5.97 Å². The molecule has 3 atom stereocenters. The second kappa shape index (κ2) is 7.05. The Kier molecular flexibility index (Phi) is 5.63. The number of hydrogen-bond acceptors (Lipinski definition) is 4. The van der Waals surface area contributed by atoms with Gasteiger partial charge in [0.1, 0.15) is 6.61 Å². The lowest BCUT2D eigenvalue weighted by molar-refractivity contribution is -0.155. The van der Waals surface area contributed by atoms with E-state index >= 15 is 0 Å². The summed E-state index contributed by atoms with van der Waals surface area (Å²) in [6, 6.07) is 1.25. The lowest BCUT2D eigenvalue weighted by Crippen LogP contribution is -2.36. The molecule has 0 aromatic carbocycles. The highest BCUT2D eigenvalue weighted by Crippen LogP contribution is 2.41. The van der Waals surface area contributed by atoms with Crippen molar-refractivity contribution in [3.63, 3.8) is 0 Å². The third-order valence-corrected chi connectivity index (χ3v) is 6.43. The highest BCUT2D eigenvalue weighted by Gasteiger charge is 2.43. The van der Waals surface area contributed by atoms with Crippen LogP contribution in [0, 0.1) is 5.92 Å². The number of esters is 1. The van der Waals surface area contributed by atoms with Crippen molar-refractivity contribution >= 4 is 15.5 Å². The molecule has 1 aliphatic carbocycles. The molecule has 0 aromatic heterocycles. The Morgan fingerprint density at radius 3 is 2.85 bits per heavy atom. The van der Waals surface area contributed by atoms with Gasteiger partial charge in [0, 0.05) is 6.61 Å². The van der Waals surface area contributed by atoms with E-state index in [2.05, 4.69) is 0 Å². The van der Waals surface area contributed by atoms with Crippen LogP contribution in [-0.4, -0.2) is 46.1 Å². The van der Waals surface area contributed by atoms with E-state index in [1.807, 2.05) is 20.8 Å². The van der Waals surface area contributed by atoms with Crippen molar-refractivity contribution in [2.24, 2.45) is 5.92 Å². The first-order valence-corrected chi connectivity index (χ1v) is 9.66. The van der Waals surface area contributed by atoms with Gasteiger partial charge in [-0.3, -0.25) is 0 Å². The number of rotatable bonds is 8. The minimum atomic E-state index is -0.415. The van der Waals surface area contributed by atoms with Crippen molar-refractivity contribution in [2.45, 2.75) is 69.9 Å². The topological polar surface area (TPSA) is 48.1 Å². The summed E-state index contributed by atoms with van der Waals surface area (Å²) in [5, 5.41) is -0.249. The van der Waals surface area contributed by atoms with Crippen LogP contribution in [0.1, 0.15) is 46.5 Å². The Morgan fingerprint density at radius 2 is 2.15 bits per heavy atom. The molecule has 0 N–H and O–H groups in total. The van der Waals surface area contributed by atoms with Gasteiger partial charge in [0.25, 0.3) is 0 Å². The van der Waals surface area contributed by atoms with E-state index in [0.29, 0.717) is 18.8 Å². The van der Waals surface area contributed by atoms with E-state index in [0.717, 1.165) is 5.92 Å². The summed E-state index contributed by atoms with van der Waals surface area (Å²) >= 11 is 0. The SMILES string of the molecule is CCOCC(=O)OC(C)(C)[SiH2]CCC1CCC2OC2C1. The Morgan fingerprint density at radius 1 is 1.35 bits per heavy atom. The van der Waals surface area contributed by atoms with Gasteiger partial charge in [0.2, 0.25) is 0 Å². The standard InChI is InChI=1S/C15H28O4Si/c1-4-17-10-14(16)19-15(2,3)20-8-7-11-5-6-12-13(9-11)18-12/h11-13H,4-10,20H2,1-3H3. The molecule has 0 radical (unpaired) electrons. The maximum absolute atomic E-state index is 11.6. The molecule has 0 aromatic rings. The number of ether oxygens (including phenoxy) is 3. The largest absolute Gasteiger partial charge is 0.463 e. The third-order valence-electron chi connectivity index (χ3n) is 4.32. The summed E-state index contributed by atoms with van der Waals surface area (Å²) in [6.45, 7) is 6.61. The van der Waals surface area contributed by atoms with Gasteiger partial charge in [-0.15, -0.1) is 0 Å². The number of fused-ring (bicyclic) bond motifs is 1. The number of epoxide rings is 1. The van der Waals surface area contributed by atoms with Crippen molar-refractivity contribution < 1.29 is 19.0 Å². The number of carbonyl (C=O) groups excluding carboxylic acids is 1. The van der Waals surface area contributed by atoms with E-state index in [1.165, 1.54) is 31.7 Å². The molecule has 1 saturated carbocycles. The van der Waals surface area contributed by atoms with E-state index in [4.69, 9.17) is 14.2 Å². The lowest BCUT2D eigenvalue weighted by atomic mass is 9.88. The van der Waals surface area contributed by atoms with Crippen LogP contribution >= 0.6 is 0 Å². The fraction of sp³-hybridized carbons (Fsp3) is 0.933. The average Bonchev–Trinajstić information content (AvgIpc) is 3.14. The van der Waals surface area contributed by atoms with Crippen LogP contribution in [0.3, 0.4) is 0 Å². The predicted molar refractivity (Wildman–Crippen MR) is 80.6 cm³/mol. The summed E-state index contributed by atoms with van der Waals surface area (Å²) in [6.07, 6.45) is 6.28. The van der Waals surface area contributed by atoms with E-state index < -0.39 is 9.52 Å². The van der Waals surface area contributed by atoms with Crippen LogP contribution in [0.4, 0.5) is 0 Å². The van der Waals surface area contributed by atoms with Crippen LogP contribution in [-0.2, 0) is 19.0 Å². The Balaban J connectivity index is 1.60. The first-order chi connectivity index (χ1) is 9.50. The second-order valence-corrected chi connectivity index (χ2v) is 9.57. The van der Waals surface area contributed by atoms with E-state index in [-0.39, 0.29) is 17.8 Å². The first kappa shape index (κ1) is 16.0. The van der Waals surface area contributed by atoms with Crippen LogP contribution in [0.2, 0.25) is 6.04 Å². The fourth-order valence-corrected chi connectivity index (χ4v) is 5.04. The van der Waals surface area contributed by atoms with Gasteiger partial charge in [-0.1, -0.05) is 12.5 Å². The van der Waals surface area contributed by atoms with Gasteiger partial charge in [-0.05, 0) is 46.0 Å². The van der Waals surface area contributed by atoms with Crippen LogP contribution in [0.5, 0.6) is 0 Å². The molecule has 1 heterocycles. The zero-order valence-corrected chi connectivity index (χ0v) is 14.4. The highest BCUT2D eigenvalue weighted by atomic mass is 28.2. The lowest BCUT2D eigenvalue weighted by Gasteiger charge is -2.26. The quantitative estimate of drug-likeness (QED) is 0.390.